The van der Waals surface area contributed by atoms with Crippen molar-refractivity contribution in [3.05, 3.63) is 53.3 Å². The minimum Gasteiger partial charge on any atom is -0.496 e. The standard InChI is InChI=1S/C20H17FN2O6/c1-20(11-3-5-16-17(7-11)29-10-28-16)18(25)23(19(26)22-20)9-14(24)13-8-12(21)4-6-15(13)27-2/h3-8H,9-10H2,1-2H3,(H,22,26)/t20-/m0/s1. The van der Waals surface area contributed by atoms with E-state index in [4.69, 9.17) is 14.2 Å². The molecule has 0 spiro atoms. The fraction of sp³-hybridized carbons (Fsp3) is 0.250. The van der Waals surface area contributed by atoms with E-state index in [2.05, 4.69) is 5.32 Å². The third-order valence-corrected chi connectivity index (χ3v) is 4.99. The van der Waals surface area contributed by atoms with Crippen LogP contribution in [0.2, 0.25) is 0 Å². The molecule has 2 heterocycles. The van der Waals surface area contributed by atoms with Gasteiger partial charge >= 0.3 is 6.03 Å². The van der Waals surface area contributed by atoms with Gasteiger partial charge < -0.3 is 19.5 Å². The fourth-order valence-corrected chi connectivity index (χ4v) is 3.37. The summed E-state index contributed by atoms with van der Waals surface area (Å²) in [6.07, 6.45) is 0. The first-order valence-electron chi connectivity index (χ1n) is 8.74. The van der Waals surface area contributed by atoms with Crippen molar-refractivity contribution in [1.29, 1.82) is 0 Å². The van der Waals surface area contributed by atoms with Gasteiger partial charge in [0, 0.05) is 0 Å². The molecule has 0 unspecified atom stereocenters. The van der Waals surface area contributed by atoms with Crippen molar-refractivity contribution in [2.75, 3.05) is 20.4 Å². The van der Waals surface area contributed by atoms with E-state index in [-0.39, 0.29) is 18.1 Å². The van der Waals surface area contributed by atoms with Crippen LogP contribution in [0.1, 0.15) is 22.8 Å². The molecule has 150 valence electrons. The summed E-state index contributed by atoms with van der Waals surface area (Å²) in [4.78, 5) is 39.0. The topological polar surface area (TPSA) is 94.2 Å². The molecule has 1 saturated heterocycles. The largest absolute Gasteiger partial charge is 0.496 e. The number of imide groups is 1. The van der Waals surface area contributed by atoms with Crippen LogP contribution in [0.3, 0.4) is 0 Å². The van der Waals surface area contributed by atoms with E-state index in [1.165, 1.54) is 20.1 Å². The summed E-state index contributed by atoms with van der Waals surface area (Å²) in [7, 11) is 1.34. The predicted octanol–water partition coefficient (Wildman–Crippen LogP) is 2.21. The zero-order valence-electron chi connectivity index (χ0n) is 15.7. The van der Waals surface area contributed by atoms with Gasteiger partial charge in [-0.25, -0.2) is 9.18 Å². The van der Waals surface area contributed by atoms with Crippen molar-refractivity contribution in [2.24, 2.45) is 0 Å². The molecule has 3 amide bonds. The normalized spacial score (nSPS) is 20.0. The van der Waals surface area contributed by atoms with E-state index in [0.29, 0.717) is 17.1 Å². The fourth-order valence-electron chi connectivity index (χ4n) is 3.37. The maximum Gasteiger partial charge on any atom is 0.325 e. The Kier molecular flexibility index (Phi) is 4.37. The number of urea groups is 1. The number of Topliss-reactive ketones (excluding diaryl/α,β-unsaturated/α-hetero) is 1. The van der Waals surface area contributed by atoms with Crippen molar-refractivity contribution in [2.45, 2.75) is 12.5 Å². The molecule has 4 rings (SSSR count). The molecule has 2 aromatic rings. The van der Waals surface area contributed by atoms with E-state index < -0.39 is 35.6 Å². The van der Waals surface area contributed by atoms with Gasteiger partial charge in [0.25, 0.3) is 5.91 Å². The Morgan fingerprint density at radius 1 is 1.21 bits per heavy atom. The maximum atomic E-state index is 13.6. The minimum absolute atomic E-state index is 0.0511. The first-order valence-corrected chi connectivity index (χ1v) is 8.74. The molecule has 0 aliphatic carbocycles. The van der Waals surface area contributed by atoms with Crippen LogP contribution >= 0.6 is 0 Å². The average Bonchev–Trinajstić information content (AvgIpc) is 3.26. The van der Waals surface area contributed by atoms with Crippen LogP contribution in [0, 0.1) is 5.82 Å². The number of carbonyl (C=O) groups is 3. The van der Waals surface area contributed by atoms with Crippen molar-refractivity contribution >= 4 is 17.7 Å². The minimum atomic E-state index is -1.38. The molecular formula is C20H17FN2O6. The molecular weight excluding hydrogens is 383 g/mol. The number of rotatable bonds is 5. The molecule has 9 heteroatoms. The molecule has 2 aliphatic heterocycles. The highest BCUT2D eigenvalue weighted by Gasteiger charge is 2.50. The van der Waals surface area contributed by atoms with Gasteiger partial charge in [0.15, 0.2) is 17.3 Å². The Bertz CT molecular complexity index is 1040. The van der Waals surface area contributed by atoms with Crippen LogP contribution in [0.25, 0.3) is 0 Å². The zero-order chi connectivity index (χ0) is 20.8. The molecule has 0 bridgehead atoms. The molecule has 2 aromatic carbocycles. The highest BCUT2D eigenvalue weighted by Crippen LogP contribution is 2.38. The average molecular weight is 400 g/mol. The number of methoxy groups -OCH3 is 1. The smallest absolute Gasteiger partial charge is 0.325 e. The molecule has 29 heavy (non-hydrogen) atoms. The Hall–Kier alpha value is -3.62. The van der Waals surface area contributed by atoms with Crippen molar-refractivity contribution in [3.63, 3.8) is 0 Å². The predicted molar refractivity (Wildman–Crippen MR) is 97.4 cm³/mol. The molecule has 0 aromatic heterocycles. The molecule has 2 aliphatic rings. The van der Waals surface area contributed by atoms with Crippen LogP contribution in [-0.4, -0.2) is 43.1 Å². The highest BCUT2D eigenvalue weighted by molar-refractivity contribution is 6.11. The van der Waals surface area contributed by atoms with Crippen LogP contribution in [0.15, 0.2) is 36.4 Å². The number of hydrogen-bond acceptors (Lipinski definition) is 6. The SMILES string of the molecule is COc1ccc(F)cc1C(=O)CN1C(=O)N[C@@](C)(c2ccc3c(c2)OCO3)C1=O. The quantitative estimate of drug-likeness (QED) is 0.611. The van der Waals surface area contributed by atoms with Gasteiger partial charge in [0.1, 0.15) is 17.1 Å². The van der Waals surface area contributed by atoms with E-state index in [1.807, 2.05) is 0 Å². The van der Waals surface area contributed by atoms with Gasteiger partial charge in [-0.05, 0) is 42.8 Å². The van der Waals surface area contributed by atoms with E-state index in [1.54, 1.807) is 18.2 Å². The van der Waals surface area contributed by atoms with Gasteiger partial charge in [-0.1, -0.05) is 6.07 Å². The van der Waals surface area contributed by atoms with Gasteiger partial charge in [-0.3, -0.25) is 14.5 Å². The number of hydrogen-bond donors (Lipinski definition) is 1. The molecule has 1 atom stereocenters. The maximum absolute atomic E-state index is 13.6. The Balaban J connectivity index is 1.60. The Labute approximate surface area is 165 Å². The van der Waals surface area contributed by atoms with Crippen molar-refractivity contribution in [3.8, 4) is 17.2 Å². The van der Waals surface area contributed by atoms with Crippen LogP contribution in [0.5, 0.6) is 17.2 Å². The van der Waals surface area contributed by atoms with Crippen LogP contribution < -0.4 is 19.5 Å². The van der Waals surface area contributed by atoms with Crippen molar-refractivity contribution in [1.82, 2.24) is 10.2 Å². The second kappa shape index (κ2) is 6.77. The summed E-state index contributed by atoms with van der Waals surface area (Å²) in [5, 5.41) is 2.62. The third-order valence-electron chi connectivity index (χ3n) is 4.99. The second-order valence-corrected chi connectivity index (χ2v) is 6.78. The van der Waals surface area contributed by atoms with Gasteiger partial charge in [-0.2, -0.15) is 0 Å². The third kappa shape index (κ3) is 3.04. The van der Waals surface area contributed by atoms with E-state index in [0.717, 1.165) is 17.0 Å². The lowest BCUT2D eigenvalue weighted by Crippen LogP contribution is -2.41. The monoisotopic (exact) mass is 400 g/mol. The van der Waals surface area contributed by atoms with Gasteiger partial charge in [0.2, 0.25) is 6.79 Å². The number of ketones is 1. The number of benzene rings is 2. The first-order chi connectivity index (χ1) is 13.8. The summed E-state index contributed by atoms with van der Waals surface area (Å²) in [5.41, 5.74) is -0.951. The highest BCUT2D eigenvalue weighted by atomic mass is 19.1. The van der Waals surface area contributed by atoms with E-state index >= 15 is 0 Å². The lowest BCUT2D eigenvalue weighted by Gasteiger charge is -2.22. The van der Waals surface area contributed by atoms with Gasteiger partial charge in [-0.15, -0.1) is 0 Å². The number of carbonyl (C=O) groups excluding carboxylic acids is 3. The lowest BCUT2D eigenvalue weighted by atomic mass is 9.91. The molecule has 0 saturated carbocycles. The van der Waals surface area contributed by atoms with Gasteiger partial charge in [0.05, 0.1) is 19.2 Å². The Morgan fingerprint density at radius 2 is 1.97 bits per heavy atom. The number of amides is 3. The number of nitrogens with zero attached hydrogens (tertiary/aromatic N) is 1. The summed E-state index contributed by atoms with van der Waals surface area (Å²) in [5.74, 6) is -0.701. The molecule has 8 nitrogen and oxygen atoms in total. The van der Waals surface area contributed by atoms with Crippen LogP contribution in [0.4, 0.5) is 9.18 Å². The summed E-state index contributed by atoms with van der Waals surface area (Å²) in [6, 6.07) is 7.66. The van der Waals surface area contributed by atoms with Crippen molar-refractivity contribution < 1.29 is 33.0 Å². The summed E-state index contributed by atoms with van der Waals surface area (Å²) in [6.45, 7) is 1.06. The van der Waals surface area contributed by atoms with Crippen LogP contribution in [-0.2, 0) is 10.3 Å². The molecule has 1 fully saturated rings. The zero-order valence-corrected chi connectivity index (χ0v) is 15.7. The Morgan fingerprint density at radius 3 is 2.72 bits per heavy atom. The number of fused-ring (bicyclic) bond motifs is 1. The number of nitrogens with one attached hydrogen (secondary N) is 1. The number of ether oxygens (including phenoxy) is 3. The molecule has 0 radical (unpaired) electrons. The van der Waals surface area contributed by atoms with E-state index in [9.17, 15) is 18.8 Å². The first kappa shape index (κ1) is 18.7. The second-order valence-electron chi connectivity index (χ2n) is 6.78. The number of halogens is 1. The molecule has 1 N–H and O–H groups in total. The summed E-state index contributed by atoms with van der Waals surface area (Å²) >= 11 is 0. The summed E-state index contributed by atoms with van der Waals surface area (Å²) < 4.78 is 29.2. The lowest BCUT2D eigenvalue weighted by molar-refractivity contribution is -0.130.